The minimum absolute atomic E-state index is 0.0756. The molecule has 118 valence electrons. The van der Waals surface area contributed by atoms with E-state index in [2.05, 4.69) is 20.4 Å². The minimum Gasteiger partial charge on any atom is -0.435 e. The van der Waals surface area contributed by atoms with Crippen LogP contribution in [0.15, 0.2) is 12.2 Å². The number of rotatable bonds is 5. The fourth-order valence-corrected chi connectivity index (χ4v) is 5.57. The van der Waals surface area contributed by atoms with Crippen LogP contribution in [0.3, 0.4) is 0 Å². The van der Waals surface area contributed by atoms with Gasteiger partial charge in [0.1, 0.15) is 0 Å². The summed E-state index contributed by atoms with van der Waals surface area (Å²) in [6.45, 7) is 9.89. The number of ether oxygens (including phenoxy) is 2. The van der Waals surface area contributed by atoms with Crippen LogP contribution in [-0.2, 0) is 14.3 Å². The molecule has 0 heterocycles. The molecule has 4 aliphatic rings. The van der Waals surface area contributed by atoms with E-state index >= 15 is 0 Å². The summed E-state index contributed by atoms with van der Waals surface area (Å²) < 4.78 is 11.5. The lowest BCUT2D eigenvalue weighted by Crippen LogP contribution is -2.61. The number of esters is 1. The van der Waals surface area contributed by atoms with Crippen molar-refractivity contribution in [1.29, 1.82) is 0 Å². The van der Waals surface area contributed by atoms with E-state index < -0.39 is 0 Å². The third kappa shape index (κ3) is 2.44. The Morgan fingerprint density at radius 2 is 1.67 bits per heavy atom. The number of carbonyl (C=O) groups is 1. The third-order valence-electron chi connectivity index (χ3n) is 6.16. The van der Waals surface area contributed by atoms with Crippen molar-refractivity contribution in [2.45, 2.75) is 58.5 Å². The normalized spacial score (nSPS) is 40.6. The molecule has 0 aromatic carbocycles. The van der Waals surface area contributed by atoms with Crippen LogP contribution in [0.5, 0.6) is 0 Å². The lowest BCUT2D eigenvalue weighted by atomic mass is 9.47. The Hall–Kier alpha value is -0.830. The van der Waals surface area contributed by atoms with Gasteiger partial charge in [0, 0.05) is 5.57 Å². The Bertz CT molecular complexity index is 410. The summed E-state index contributed by atoms with van der Waals surface area (Å²) in [6.07, 6.45) is 6.66. The highest BCUT2D eigenvalue weighted by atomic mass is 16.7. The molecule has 4 fully saturated rings. The predicted octanol–water partition coefficient (Wildman–Crippen LogP) is 3.93. The summed E-state index contributed by atoms with van der Waals surface area (Å²) in [4.78, 5) is 11.6. The van der Waals surface area contributed by atoms with Crippen LogP contribution in [0.25, 0.3) is 0 Å². The van der Waals surface area contributed by atoms with Gasteiger partial charge >= 0.3 is 5.97 Å². The van der Waals surface area contributed by atoms with E-state index in [4.69, 9.17) is 9.47 Å². The van der Waals surface area contributed by atoms with Crippen LogP contribution in [0, 0.1) is 29.6 Å². The molecule has 0 aliphatic heterocycles. The topological polar surface area (TPSA) is 35.5 Å². The molecule has 0 amide bonds. The minimum atomic E-state index is -0.349. The van der Waals surface area contributed by atoms with Gasteiger partial charge in [-0.05, 0) is 68.6 Å². The van der Waals surface area contributed by atoms with Crippen molar-refractivity contribution in [3.05, 3.63) is 12.2 Å². The quantitative estimate of drug-likeness (QED) is 0.437. The van der Waals surface area contributed by atoms with Crippen molar-refractivity contribution in [3.8, 4) is 0 Å². The zero-order valence-corrected chi connectivity index (χ0v) is 13.6. The maximum absolute atomic E-state index is 11.6. The van der Waals surface area contributed by atoms with Crippen LogP contribution < -0.4 is 0 Å². The Kier molecular flexibility index (Phi) is 3.89. The van der Waals surface area contributed by atoms with Crippen LogP contribution in [-0.4, -0.2) is 18.4 Å². The molecule has 4 saturated carbocycles. The molecule has 3 nitrogen and oxygen atoms in total. The van der Waals surface area contributed by atoms with Gasteiger partial charge in [-0.1, -0.05) is 20.4 Å². The van der Waals surface area contributed by atoms with E-state index in [0.29, 0.717) is 23.3 Å². The zero-order valence-electron chi connectivity index (χ0n) is 13.6. The van der Waals surface area contributed by atoms with Gasteiger partial charge in [-0.15, -0.1) is 0 Å². The van der Waals surface area contributed by atoms with Gasteiger partial charge in [-0.25, -0.2) is 4.79 Å². The van der Waals surface area contributed by atoms with Gasteiger partial charge in [0.15, 0.2) is 6.79 Å². The smallest absolute Gasteiger partial charge is 0.335 e. The van der Waals surface area contributed by atoms with Gasteiger partial charge in [0.25, 0.3) is 0 Å². The average Bonchev–Trinajstić information content (AvgIpc) is 2.40. The number of carbonyl (C=O) groups excluding carboxylic acids is 1. The first-order chi connectivity index (χ1) is 9.93. The van der Waals surface area contributed by atoms with Gasteiger partial charge in [0.05, 0.1) is 5.60 Å². The Balaban J connectivity index is 1.72. The van der Waals surface area contributed by atoms with Gasteiger partial charge in [-0.3, -0.25) is 0 Å². The van der Waals surface area contributed by atoms with E-state index in [1.165, 1.54) is 32.1 Å². The molecular weight excluding hydrogens is 264 g/mol. The molecule has 0 N–H and O–H groups in total. The summed E-state index contributed by atoms with van der Waals surface area (Å²) in [7, 11) is 0. The molecule has 4 bridgehead atoms. The maximum Gasteiger partial charge on any atom is 0.335 e. The standard InChI is InChI=1S/C18H28O3/c1-11(2)17(19)20-10-21-18(12(3)4)15-6-13-5-14(8-15)9-16(18)7-13/h12-16H,1,5-10H2,2-4H3. The summed E-state index contributed by atoms with van der Waals surface area (Å²) in [6, 6.07) is 0. The summed E-state index contributed by atoms with van der Waals surface area (Å²) in [5.74, 6) is 3.25. The lowest BCUT2D eigenvalue weighted by Gasteiger charge is -2.62. The second-order valence-electron chi connectivity index (χ2n) is 7.79. The molecule has 4 aliphatic carbocycles. The third-order valence-corrected chi connectivity index (χ3v) is 6.16. The van der Waals surface area contributed by atoms with Gasteiger partial charge in [-0.2, -0.15) is 0 Å². The highest BCUT2D eigenvalue weighted by Crippen LogP contribution is 2.61. The van der Waals surface area contributed by atoms with E-state index in [1.54, 1.807) is 6.92 Å². The predicted molar refractivity (Wildman–Crippen MR) is 81.5 cm³/mol. The molecule has 3 heteroatoms. The number of hydrogen-bond acceptors (Lipinski definition) is 3. The Morgan fingerprint density at radius 3 is 2.10 bits per heavy atom. The van der Waals surface area contributed by atoms with Gasteiger partial charge in [0.2, 0.25) is 0 Å². The first kappa shape index (κ1) is 15.1. The second-order valence-corrected chi connectivity index (χ2v) is 7.79. The fourth-order valence-electron chi connectivity index (χ4n) is 5.57. The van der Waals surface area contributed by atoms with Crippen molar-refractivity contribution in [1.82, 2.24) is 0 Å². The van der Waals surface area contributed by atoms with Crippen molar-refractivity contribution in [2.24, 2.45) is 29.6 Å². The van der Waals surface area contributed by atoms with E-state index in [0.717, 1.165) is 11.8 Å². The highest BCUT2D eigenvalue weighted by molar-refractivity contribution is 5.86. The molecule has 21 heavy (non-hydrogen) atoms. The highest BCUT2D eigenvalue weighted by Gasteiger charge is 2.59. The summed E-state index contributed by atoms with van der Waals surface area (Å²) >= 11 is 0. The van der Waals surface area contributed by atoms with Crippen LogP contribution in [0.4, 0.5) is 0 Å². The molecule has 0 aromatic rings. The molecule has 0 unspecified atom stereocenters. The molecule has 0 aromatic heterocycles. The zero-order chi connectivity index (χ0) is 15.2. The summed E-state index contributed by atoms with van der Waals surface area (Å²) in [5.41, 5.74) is 0.352. The van der Waals surface area contributed by atoms with Crippen LogP contribution in [0.1, 0.15) is 52.9 Å². The SMILES string of the molecule is C=C(C)C(=O)OCOC1(C(C)C)C2CC3CC(C2)CC1C3. The van der Waals surface area contributed by atoms with E-state index in [1.807, 2.05) is 0 Å². The Morgan fingerprint density at radius 1 is 1.14 bits per heavy atom. The van der Waals surface area contributed by atoms with Crippen molar-refractivity contribution in [3.63, 3.8) is 0 Å². The van der Waals surface area contributed by atoms with Crippen LogP contribution in [0.2, 0.25) is 0 Å². The first-order valence-corrected chi connectivity index (χ1v) is 8.40. The van der Waals surface area contributed by atoms with Crippen molar-refractivity contribution < 1.29 is 14.3 Å². The van der Waals surface area contributed by atoms with E-state index in [9.17, 15) is 4.79 Å². The van der Waals surface area contributed by atoms with Crippen molar-refractivity contribution >= 4 is 5.97 Å². The maximum atomic E-state index is 11.6. The summed E-state index contributed by atoms with van der Waals surface area (Å²) in [5, 5.41) is 0. The molecule has 4 rings (SSSR count). The molecule has 0 saturated heterocycles. The average molecular weight is 292 g/mol. The lowest BCUT2D eigenvalue weighted by molar-refractivity contribution is -0.255. The van der Waals surface area contributed by atoms with Gasteiger partial charge < -0.3 is 9.47 Å². The number of hydrogen-bond donors (Lipinski definition) is 0. The largest absolute Gasteiger partial charge is 0.435 e. The fraction of sp³-hybridized carbons (Fsp3) is 0.833. The molecule has 0 spiro atoms. The van der Waals surface area contributed by atoms with Crippen LogP contribution >= 0.6 is 0 Å². The monoisotopic (exact) mass is 292 g/mol. The molecule has 0 radical (unpaired) electrons. The second kappa shape index (κ2) is 5.42. The molecular formula is C18H28O3. The first-order valence-electron chi connectivity index (χ1n) is 8.40. The van der Waals surface area contributed by atoms with E-state index in [-0.39, 0.29) is 18.4 Å². The molecule has 0 atom stereocenters. The Labute approximate surface area is 128 Å². The van der Waals surface area contributed by atoms with Crippen molar-refractivity contribution in [2.75, 3.05) is 6.79 Å².